The standard InChI is InChI=1S/C11H19N5/c1-13-9-7-10(16-11(12)15-9)14-6-5-8-3-2-4-8/h7-8H,2-6H2,1H3,(H4,12,13,14,15,16). The second-order valence-corrected chi connectivity index (χ2v) is 4.26. The van der Waals surface area contributed by atoms with E-state index in [0.29, 0.717) is 5.95 Å². The lowest BCUT2D eigenvalue weighted by Gasteiger charge is -2.25. The minimum absolute atomic E-state index is 0.304. The van der Waals surface area contributed by atoms with Crippen LogP contribution in [-0.2, 0) is 0 Å². The van der Waals surface area contributed by atoms with Gasteiger partial charge in [-0.15, -0.1) is 0 Å². The summed E-state index contributed by atoms with van der Waals surface area (Å²) in [6.45, 7) is 0.963. The maximum absolute atomic E-state index is 5.60. The molecular weight excluding hydrogens is 202 g/mol. The third kappa shape index (κ3) is 2.74. The quantitative estimate of drug-likeness (QED) is 0.705. The fourth-order valence-corrected chi connectivity index (χ4v) is 1.87. The van der Waals surface area contributed by atoms with Crippen LogP contribution in [0.2, 0.25) is 0 Å². The highest BCUT2D eigenvalue weighted by Crippen LogP contribution is 2.29. The third-order valence-electron chi connectivity index (χ3n) is 3.08. The van der Waals surface area contributed by atoms with Crippen molar-refractivity contribution in [3.63, 3.8) is 0 Å². The van der Waals surface area contributed by atoms with Crippen LogP contribution in [0.3, 0.4) is 0 Å². The van der Waals surface area contributed by atoms with Gasteiger partial charge in [0.25, 0.3) is 0 Å². The Labute approximate surface area is 95.9 Å². The Morgan fingerprint density at radius 3 is 2.75 bits per heavy atom. The molecule has 4 N–H and O–H groups in total. The van der Waals surface area contributed by atoms with Crippen molar-refractivity contribution in [3.8, 4) is 0 Å². The first-order valence-corrected chi connectivity index (χ1v) is 5.84. The molecule has 1 aromatic rings. The highest BCUT2D eigenvalue weighted by Gasteiger charge is 2.16. The van der Waals surface area contributed by atoms with Crippen molar-refractivity contribution in [2.75, 3.05) is 30.0 Å². The normalized spacial score (nSPS) is 15.6. The molecule has 16 heavy (non-hydrogen) atoms. The first-order valence-electron chi connectivity index (χ1n) is 5.84. The molecule has 0 radical (unpaired) electrons. The number of nitrogens with zero attached hydrogens (tertiary/aromatic N) is 2. The van der Waals surface area contributed by atoms with Crippen LogP contribution < -0.4 is 16.4 Å². The highest BCUT2D eigenvalue weighted by atomic mass is 15.1. The number of anilines is 3. The van der Waals surface area contributed by atoms with Gasteiger partial charge < -0.3 is 16.4 Å². The minimum Gasteiger partial charge on any atom is -0.373 e. The van der Waals surface area contributed by atoms with Crippen LogP contribution in [0.4, 0.5) is 17.6 Å². The number of nitrogens with one attached hydrogen (secondary N) is 2. The van der Waals surface area contributed by atoms with E-state index in [2.05, 4.69) is 20.6 Å². The molecule has 0 atom stereocenters. The Bertz CT molecular complexity index is 348. The van der Waals surface area contributed by atoms with Gasteiger partial charge in [-0.05, 0) is 12.3 Å². The number of nitrogen functional groups attached to an aromatic ring is 1. The highest BCUT2D eigenvalue weighted by molar-refractivity contribution is 5.50. The molecule has 0 bridgehead atoms. The van der Waals surface area contributed by atoms with E-state index in [1.807, 2.05) is 13.1 Å². The number of hydrogen-bond acceptors (Lipinski definition) is 5. The molecule has 0 unspecified atom stereocenters. The second-order valence-electron chi connectivity index (χ2n) is 4.26. The lowest BCUT2D eigenvalue weighted by atomic mass is 9.83. The molecule has 0 aromatic carbocycles. The van der Waals surface area contributed by atoms with E-state index < -0.39 is 0 Å². The molecule has 0 amide bonds. The average molecular weight is 221 g/mol. The minimum atomic E-state index is 0.304. The second kappa shape index (κ2) is 5.01. The first kappa shape index (κ1) is 11.0. The fourth-order valence-electron chi connectivity index (χ4n) is 1.87. The zero-order chi connectivity index (χ0) is 11.4. The van der Waals surface area contributed by atoms with Gasteiger partial charge in [0, 0.05) is 19.7 Å². The van der Waals surface area contributed by atoms with Gasteiger partial charge in [0.15, 0.2) is 0 Å². The number of aromatic nitrogens is 2. The SMILES string of the molecule is CNc1cc(NCCC2CCC2)nc(N)n1. The molecule has 2 rings (SSSR count). The van der Waals surface area contributed by atoms with Crippen LogP contribution in [-0.4, -0.2) is 23.6 Å². The summed E-state index contributed by atoms with van der Waals surface area (Å²) in [4.78, 5) is 8.18. The summed E-state index contributed by atoms with van der Waals surface area (Å²) in [5, 5.41) is 6.25. The van der Waals surface area contributed by atoms with Gasteiger partial charge in [-0.25, -0.2) is 0 Å². The molecule has 1 fully saturated rings. The van der Waals surface area contributed by atoms with Gasteiger partial charge in [0.1, 0.15) is 11.6 Å². The summed E-state index contributed by atoms with van der Waals surface area (Å²) >= 11 is 0. The van der Waals surface area contributed by atoms with E-state index >= 15 is 0 Å². The molecule has 5 heteroatoms. The van der Waals surface area contributed by atoms with Gasteiger partial charge in [0.2, 0.25) is 5.95 Å². The Balaban J connectivity index is 1.84. The largest absolute Gasteiger partial charge is 0.373 e. The van der Waals surface area contributed by atoms with Crippen LogP contribution in [0.1, 0.15) is 25.7 Å². The summed E-state index contributed by atoms with van der Waals surface area (Å²) in [5.41, 5.74) is 5.60. The molecule has 1 saturated carbocycles. The summed E-state index contributed by atoms with van der Waals surface area (Å²) in [6, 6.07) is 1.87. The fraction of sp³-hybridized carbons (Fsp3) is 0.636. The van der Waals surface area contributed by atoms with Crippen molar-refractivity contribution in [1.29, 1.82) is 0 Å². The molecule has 1 heterocycles. The monoisotopic (exact) mass is 221 g/mol. The Hall–Kier alpha value is -1.52. The van der Waals surface area contributed by atoms with Crippen molar-refractivity contribution in [3.05, 3.63) is 6.07 Å². The van der Waals surface area contributed by atoms with Crippen molar-refractivity contribution < 1.29 is 0 Å². The van der Waals surface area contributed by atoms with Crippen LogP contribution in [0.5, 0.6) is 0 Å². The van der Waals surface area contributed by atoms with Gasteiger partial charge in [0.05, 0.1) is 0 Å². The third-order valence-corrected chi connectivity index (χ3v) is 3.08. The number of hydrogen-bond donors (Lipinski definition) is 3. The summed E-state index contributed by atoms with van der Waals surface area (Å²) in [5.74, 6) is 2.77. The number of nitrogens with two attached hydrogens (primary N) is 1. The Morgan fingerprint density at radius 2 is 2.12 bits per heavy atom. The van der Waals surface area contributed by atoms with E-state index in [9.17, 15) is 0 Å². The van der Waals surface area contributed by atoms with E-state index in [4.69, 9.17) is 5.73 Å². The average Bonchev–Trinajstić information content (AvgIpc) is 2.21. The van der Waals surface area contributed by atoms with Gasteiger partial charge in [-0.2, -0.15) is 9.97 Å². The van der Waals surface area contributed by atoms with Crippen LogP contribution in [0.25, 0.3) is 0 Å². The molecule has 1 aliphatic carbocycles. The summed E-state index contributed by atoms with van der Waals surface area (Å²) < 4.78 is 0. The maximum atomic E-state index is 5.60. The molecule has 5 nitrogen and oxygen atoms in total. The molecule has 1 aliphatic rings. The summed E-state index contributed by atoms with van der Waals surface area (Å²) in [6.07, 6.45) is 5.39. The number of rotatable bonds is 5. The van der Waals surface area contributed by atoms with Crippen LogP contribution in [0, 0.1) is 5.92 Å². The van der Waals surface area contributed by atoms with E-state index in [1.165, 1.54) is 25.7 Å². The zero-order valence-electron chi connectivity index (χ0n) is 9.66. The van der Waals surface area contributed by atoms with Gasteiger partial charge in [-0.1, -0.05) is 19.3 Å². The van der Waals surface area contributed by atoms with Crippen molar-refractivity contribution in [2.24, 2.45) is 5.92 Å². The smallest absolute Gasteiger partial charge is 0.223 e. The van der Waals surface area contributed by atoms with E-state index in [-0.39, 0.29) is 0 Å². The van der Waals surface area contributed by atoms with Crippen molar-refractivity contribution in [2.45, 2.75) is 25.7 Å². The van der Waals surface area contributed by atoms with Gasteiger partial charge in [-0.3, -0.25) is 0 Å². The predicted molar refractivity (Wildman–Crippen MR) is 66.4 cm³/mol. The zero-order valence-corrected chi connectivity index (χ0v) is 9.66. The predicted octanol–water partition coefficient (Wildman–Crippen LogP) is 1.70. The molecule has 0 aliphatic heterocycles. The Morgan fingerprint density at radius 1 is 1.38 bits per heavy atom. The molecule has 0 saturated heterocycles. The maximum Gasteiger partial charge on any atom is 0.223 e. The van der Waals surface area contributed by atoms with Crippen molar-refractivity contribution >= 4 is 17.6 Å². The van der Waals surface area contributed by atoms with E-state index in [0.717, 1.165) is 24.1 Å². The molecular formula is C11H19N5. The van der Waals surface area contributed by atoms with Crippen molar-refractivity contribution in [1.82, 2.24) is 9.97 Å². The molecule has 88 valence electrons. The van der Waals surface area contributed by atoms with Gasteiger partial charge >= 0.3 is 0 Å². The van der Waals surface area contributed by atoms with Crippen LogP contribution in [0.15, 0.2) is 6.07 Å². The lowest BCUT2D eigenvalue weighted by Crippen LogP contribution is -2.16. The first-order chi connectivity index (χ1) is 7.78. The summed E-state index contributed by atoms with van der Waals surface area (Å²) in [7, 11) is 1.82. The molecule has 0 spiro atoms. The topological polar surface area (TPSA) is 75.9 Å². The molecule has 1 aromatic heterocycles. The lowest BCUT2D eigenvalue weighted by molar-refractivity contribution is 0.303. The van der Waals surface area contributed by atoms with E-state index in [1.54, 1.807) is 0 Å². The van der Waals surface area contributed by atoms with Crippen LogP contribution >= 0.6 is 0 Å². The Kier molecular flexibility index (Phi) is 3.44.